The van der Waals surface area contributed by atoms with Gasteiger partial charge in [0.25, 0.3) is 0 Å². The number of halogens is 3. The lowest BCUT2D eigenvalue weighted by molar-refractivity contribution is 0.580. The Labute approximate surface area is 77.6 Å². The topological polar surface area (TPSA) is 12.9 Å². The van der Waals surface area contributed by atoms with Gasteiger partial charge in [-0.3, -0.25) is 0 Å². The molecular weight excluding hydrogens is 265 g/mol. The van der Waals surface area contributed by atoms with Crippen LogP contribution >= 0.6 is 32.9 Å². The van der Waals surface area contributed by atoms with Crippen molar-refractivity contribution < 1.29 is 4.39 Å². The zero-order valence-electron chi connectivity index (χ0n) is 5.05. The fraction of sp³-hybridized carbons (Fsp3) is 0.167. The Morgan fingerprint density at radius 3 is 2.60 bits per heavy atom. The van der Waals surface area contributed by atoms with Crippen LogP contribution in [0.4, 0.5) is 4.39 Å². The van der Waals surface area contributed by atoms with Crippen LogP contribution in [-0.4, -0.2) is 4.98 Å². The summed E-state index contributed by atoms with van der Waals surface area (Å²) >= 11 is 3.16. The first-order valence-corrected chi connectivity index (χ1v) is 3.62. The highest BCUT2D eigenvalue weighted by Gasteiger charge is 1.91. The highest BCUT2D eigenvalue weighted by molar-refractivity contribution is 9.08. The van der Waals surface area contributed by atoms with Crippen molar-refractivity contribution in [2.24, 2.45) is 0 Å². The summed E-state index contributed by atoms with van der Waals surface area (Å²) in [6, 6.07) is 4.73. The summed E-state index contributed by atoms with van der Waals surface area (Å²) in [4.78, 5) is 3.58. The van der Waals surface area contributed by atoms with Crippen LogP contribution < -0.4 is 0 Å². The van der Waals surface area contributed by atoms with Gasteiger partial charge in [0.15, 0.2) is 0 Å². The van der Waals surface area contributed by atoms with E-state index >= 15 is 0 Å². The van der Waals surface area contributed by atoms with E-state index in [1.54, 1.807) is 12.1 Å². The van der Waals surface area contributed by atoms with Gasteiger partial charge in [0.2, 0.25) is 5.95 Å². The predicted molar refractivity (Wildman–Crippen MR) is 47.1 cm³/mol. The van der Waals surface area contributed by atoms with Gasteiger partial charge in [-0.2, -0.15) is 4.39 Å². The molecule has 0 aromatic carbocycles. The van der Waals surface area contributed by atoms with E-state index in [9.17, 15) is 4.39 Å². The van der Waals surface area contributed by atoms with Crippen LogP contribution in [0.25, 0.3) is 0 Å². The van der Waals surface area contributed by atoms with Gasteiger partial charge < -0.3 is 0 Å². The summed E-state index contributed by atoms with van der Waals surface area (Å²) in [5.74, 6) is -0.424. The Kier molecular flexibility index (Phi) is 4.81. The molecule has 0 bridgehead atoms. The van der Waals surface area contributed by atoms with Gasteiger partial charge in [0.1, 0.15) is 0 Å². The smallest absolute Gasteiger partial charge is 0.213 e. The summed E-state index contributed by atoms with van der Waals surface area (Å²) < 4.78 is 12.2. The molecular formula is C6H6Br2FN. The molecule has 4 heteroatoms. The summed E-state index contributed by atoms with van der Waals surface area (Å²) in [5.41, 5.74) is 0.718. The largest absolute Gasteiger partial charge is 0.224 e. The number of rotatable bonds is 1. The molecule has 1 heterocycles. The maximum Gasteiger partial charge on any atom is 0.213 e. The monoisotopic (exact) mass is 269 g/mol. The highest BCUT2D eigenvalue weighted by Crippen LogP contribution is 2.01. The quantitative estimate of drug-likeness (QED) is 0.565. The van der Waals surface area contributed by atoms with Gasteiger partial charge in [0.05, 0.1) is 5.69 Å². The minimum Gasteiger partial charge on any atom is -0.224 e. The van der Waals surface area contributed by atoms with E-state index in [2.05, 4.69) is 20.9 Å². The molecule has 1 nitrogen and oxygen atoms in total. The summed E-state index contributed by atoms with van der Waals surface area (Å²) in [6.45, 7) is 0. The van der Waals surface area contributed by atoms with Crippen molar-refractivity contribution in [3.8, 4) is 0 Å². The Morgan fingerprint density at radius 2 is 2.20 bits per heavy atom. The second-order valence-corrected chi connectivity index (χ2v) is 2.15. The maximum absolute atomic E-state index is 12.2. The first-order valence-electron chi connectivity index (χ1n) is 2.50. The molecule has 0 N–H and O–H groups in total. The van der Waals surface area contributed by atoms with Crippen molar-refractivity contribution in [3.63, 3.8) is 0 Å². The molecule has 0 saturated heterocycles. The predicted octanol–water partition coefficient (Wildman–Crippen LogP) is 2.69. The molecule has 0 radical (unpaired) electrons. The van der Waals surface area contributed by atoms with Gasteiger partial charge >= 0.3 is 0 Å². The van der Waals surface area contributed by atoms with E-state index in [0.717, 1.165) is 5.69 Å². The van der Waals surface area contributed by atoms with Crippen molar-refractivity contribution in [2.75, 3.05) is 0 Å². The third kappa shape index (κ3) is 2.75. The minimum atomic E-state index is -0.424. The first-order chi connectivity index (χ1) is 4.33. The number of alkyl halides is 1. The van der Waals surface area contributed by atoms with Crippen molar-refractivity contribution in [2.45, 2.75) is 5.33 Å². The fourth-order valence-corrected chi connectivity index (χ4v) is 0.837. The van der Waals surface area contributed by atoms with Gasteiger partial charge in [-0.1, -0.05) is 22.0 Å². The molecule has 0 unspecified atom stereocenters. The van der Waals surface area contributed by atoms with E-state index in [4.69, 9.17) is 0 Å². The summed E-state index contributed by atoms with van der Waals surface area (Å²) in [7, 11) is 0. The lowest BCUT2D eigenvalue weighted by Gasteiger charge is -1.90. The third-order valence-corrected chi connectivity index (χ3v) is 1.48. The second kappa shape index (κ2) is 4.79. The lowest BCUT2D eigenvalue weighted by atomic mass is 10.4. The van der Waals surface area contributed by atoms with Gasteiger partial charge in [-0.25, -0.2) is 4.98 Å². The molecule has 1 rings (SSSR count). The van der Waals surface area contributed by atoms with Crippen molar-refractivity contribution in [1.29, 1.82) is 0 Å². The number of hydrogen-bond acceptors (Lipinski definition) is 1. The van der Waals surface area contributed by atoms with E-state index in [0.29, 0.717) is 5.33 Å². The highest BCUT2D eigenvalue weighted by atomic mass is 79.9. The van der Waals surface area contributed by atoms with Crippen LogP contribution in [0.2, 0.25) is 0 Å². The second-order valence-electron chi connectivity index (χ2n) is 1.59. The molecule has 0 aliphatic carbocycles. The van der Waals surface area contributed by atoms with E-state index in [1.807, 2.05) is 0 Å². The van der Waals surface area contributed by atoms with Crippen LogP contribution in [0, 0.1) is 5.95 Å². The van der Waals surface area contributed by atoms with Crippen LogP contribution in [0.15, 0.2) is 18.2 Å². The molecule has 56 valence electrons. The van der Waals surface area contributed by atoms with Gasteiger partial charge in [0, 0.05) is 5.33 Å². The molecule has 0 amide bonds. The number of pyridine rings is 1. The Bertz CT molecular complexity index is 205. The average molecular weight is 271 g/mol. The molecule has 1 aromatic rings. The molecule has 0 aliphatic rings. The molecule has 0 atom stereocenters. The first kappa shape index (κ1) is 10.0. The Balaban J connectivity index is 0.000000810. The minimum absolute atomic E-state index is 0. The van der Waals surface area contributed by atoms with Crippen LogP contribution in [0.5, 0.6) is 0 Å². The van der Waals surface area contributed by atoms with Crippen molar-refractivity contribution in [1.82, 2.24) is 4.98 Å². The van der Waals surface area contributed by atoms with Crippen molar-refractivity contribution >= 4 is 32.9 Å². The van der Waals surface area contributed by atoms with E-state index in [1.165, 1.54) is 6.07 Å². The Morgan fingerprint density at radius 1 is 1.50 bits per heavy atom. The molecule has 0 spiro atoms. The summed E-state index contributed by atoms with van der Waals surface area (Å²) in [5, 5.41) is 0.602. The average Bonchev–Trinajstić information content (AvgIpc) is 1.88. The molecule has 0 aliphatic heterocycles. The number of aromatic nitrogens is 1. The molecule has 0 fully saturated rings. The van der Waals surface area contributed by atoms with Gasteiger partial charge in [-0.15, -0.1) is 17.0 Å². The summed E-state index contributed by atoms with van der Waals surface area (Å²) in [6.07, 6.45) is 0. The standard InChI is InChI=1S/C6H5BrFN.BrH/c7-4-5-2-1-3-6(8)9-5;/h1-3H,4H2;1H. The van der Waals surface area contributed by atoms with Crippen LogP contribution in [0.1, 0.15) is 5.69 Å². The molecule has 1 aromatic heterocycles. The van der Waals surface area contributed by atoms with E-state index < -0.39 is 5.95 Å². The van der Waals surface area contributed by atoms with Gasteiger partial charge in [-0.05, 0) is 12.1 Å². The molecule has 0 saturated carbocycles. The number of nitrogens with zero attached hydrogens (tertiary/aromatic N) is 1. The fourth-order valence-electron chi connectivity index (χ4n) is 0.525. The maximum atomic E-state index is 12.2. The van der Waals surface area contributed by atoms with E-state index in [-0.39, 0.29) is 17.0 Å². The zero-order valence-corrected chi connectivity index (χ0v) is 8.35. The lowest BCUT2D eigenvalue weighted by Crippen LogP contribution is -1.86. The Hall–Kier alpha value is 0.0400. The molecule has 10 heavy (non-hydrogen) atoms. The SMILES string of the molecule is Br.Fc1cccc(CBr)n1. The third-order valence-electron chi connectivity index (χ3n) is 0.910. The van der Waals surface area contributed by atoms with Crippen LogP contribution in [0.3, 0.4) is 0 Å². The normalized spacial score (nSPS) is 8.60. The van der Waals surface area contributed by atoms with Crippen molar-refractivity contribution in [3.05, 3.63) is 29.8 Å². The zero-order chi connectivity index (χ0) is 6.69. The van der Waals surface area contributed by atoms with Crippen LogP contribution in [-0.2, 0) is 5.33 Å². The number of hydrogen-bond donors (Lipinski definition) is 0.